The Bertz CT molecular complexity index is 1090. The minimum Gasteiger partial charge on any atom is -0.493 e. The van der Waals surface area contributed by atoms with Crippen LogP contribution in [-0.2, 0) is 0 Å². The summed E-state index contributed by atoms with van der Waals surface area (Å²) >= 11 is 0. The number of hydrogen-bond acceptors (Lipinski definition) is 5. The maximum absolute atomic E-state index is 12.4. The maximum Gasteiger partial charge on any atom is 0.332 e. The largest absolute Gasteiger partial charge is 0.493 e. The van der Waals surface area contributed by atoms with Crippen LogP contribution < -0.4 is 15.2 Å². The lowest BCUT2D eigenvalue weighted by Crippen LogP contribution is -2.15. The summed E-state index contributed by atoms with van der Waals surface area (Å²) in [7, 11) is 3.13. The molecule has 0 spiro atoms. The van der Waals surface area contributed by atoms with Crippen LogP contribution in [0.15, 0.2) is 17.1 Å². The van der Waals surface area contributed by atoms with Crippen molar-refractivity contribution in [3.8, 4) is 11.5 Å². The van der Waals surface area contributed by atoms with Crippen molar-refractivity contribution in [3.05, 3.63) is 28.3 Å². The van der Waals surface area contributed by atoms with E-state index in [-0.39, 0.29) is 5.69 Å². The number of aryl methyl sites for hydroxylation is 1. The number of methoxy groups -OCH3 is 2. The smallest absolute Gasteiger partial charge is 0.332 e. The minimum atomic E-state index is -0.280. The molecule has 0 radical (unpaired) electrons. The van der Waals surface area contributed by atoms with Crippen molar-refractivity contribution in [2.24, 2.45) is 0 Å². The Morgan fingerprint density at radius 1 is 1.27 bits per heavy atom. The van der Waals surface area contributed by atoms with E-state index in [4.69, 9.17) is 9.47 Å². The molecule has 8 nitrogen and oxygen atoms in total. The molecule has 0 amide bonds. The van der Waals surface area contributed by atoms with E-state index >= 15 is 0 Å². The van der Waals surface area contributed by atoms with E-state index in [2.05, 4.69) is 20.2 Å². The molecule has 0 saturated carbocycles. The second-order valence-corrected chi connectivity index (χ2v) is 4.96. The van der Waals surface area contributed by atoms with Gasteiger partial charge in [0.1, 0.15) is 5.52 Å². The van der Waals surface area contributed by atoms with Crippen LogP contribution in [0, 0.1) is 6.92 Å². The van der Waals surface area contributed by atoms with Crippen molar-refractivity contribution in [2.45, 2.75) is 6.92 Å². The van der Waals surface area contributed by atoms with Gasteiger partial charge in [0, 0.05) is 11.6 Å². The standard InChI is InChI=1S/C14H13N5O3/c1-6-10-8(4-9(21-2)12(6)22-3)19-13(17-10)11-7(5-15-18-11)16-14(19)20/h4-5H,1-3H3,(H,15,18)(H,16,20). The predicted octanol–water partition coefficient (Wildman–Crippen LogP) is 1.38. The van der Waals surface area contributed by atoms with Crippen LogP contribution in [0.2, 0.25) is 0 Å². The number of hydrogen-bond donors (Lipinski definition) is 2. The summed E-state index contributed by atoms with van der Waals surface area (Å²) in [5, 5.41) is 6.82. The van der Waals surface area contributed by atoms with Gasteiger partial charge in [0.25, 0.3) is 0 Å². The van der Waals surface area contributed by atoms with Crippen LogP contribution in [0.4, 0.5) is 0 Å². The first-order chi connectivity index (χ1) is 10.7. The van der Waals surface area contributed by atoms with Crippen LogP contribution in [0.1, 0.15) is 5.56 Å². The molecule has 0 aliphatic carbocycles. The molecule has 1 aromatic carbocycles. The highest BCUT2D eigenvalue weighted by atomic mass is 16.5. The number of imidazole rings is 1. The Kier molecular flexibility index (Phi) is 2.44. The fourth-order valence-electron chi connectivity index (χ4n) is 2.83. The summed E-state index contributed by atoms with van der Waals surface area (Å²) < 4.78 is 12.3. The second-order valence-electron chi connectivity index (χ2n) is 4.96. The fraction of sp³-hybridized carbons (Fsp3) is 0.214. The minimum absolute atomic E-state index is 0.280. The first-order valence-electron chi connectivity index (χ1n) is 6.64. The number of fused-ring (bicyclic) bond motifs is 5. The summed E-state index contributed by atoms with van der Waals surface area (Å²) in [6, 6.07) is 1.75. The summed E-state index contributed by atoms with van der Waals surface area (Å²) in [6.07, 6.45) is 1.56. The lowest BCUT2D eigenvalue weighted by atomic mass is 10.1. The van der Waals surface area contributed by atoms with Crippen LogP contribution in [0.5, 0.6) is 11.5 Å². The lowest BCUT2D eigenvalue weighted by molar-refractivity contribution is 0.354. The number of benzene rings is 1. The Labute approximate surface area is 123 Å². The fourth-order valence-corrected chi connectivity index (χ4v) is 2.83. The van der Waals surface area contributed by atoms with Gasteiger partial charge < -0.3 is 14.5 Å². The van der Waals surface area contributed by atoms with Gasteiger partial charge in [-0.15, -0.1) is 0 Å². The number of nitrogens with one attached hydrogen (secondary N) is 2. The molecule has 22 heavy (non-hydrogen) atoms. The molecule has 112 valence electrons. The number of aromatic nitrogens is 5. The first kappa shape index (κ1) is 12.7. The van der Waals surface area contributed by atoms with E-state index in [1.54, 1.807) is 26.5 Å². The van der Waals surface area contributed by atoms with Gasteiger partial charge in [0.05, 0.1) is 37.0 Å². The molecule has 4 rings (SSSR count). The molecule has 0 atom stereocenters. The van der Waals surface area contributed by atoms with E-state index in [0.717, 1.165) is 5.56 Å². The van der Waals surface area contributed by atoms with Crippen molar-refractivity contribution in [1.29, 1.82) is 0 Å². The molecule has 4 aromatic rings. The molecule has 2 N–H and O–H groups in total. The van der Waals surface area contributed by atoms with Crippen molar-refractivity contribution in [2.75, 3.05) is 14.2 Å². The van der Waals surface area contributed by atoms with Crippen molar-refractivity contribution < 1.29 is 9.47 Å². The molecule has 0 aliphatic heterocycles. The Morgan fingerprint density at radius 2 is 2.09 bits per heavy atom. The first-order valence-corrected chi connectivity index (χ1v) is 6.64. The van der Waals surface area contributed by atoms with Gasteiger partial charge in [0.15, 0.2) is 17.1 Å². The van der Waals surface area contributed by atoms with Crippen molar-refractivity contribution in [3.63, 3.8) is 0 Å². The van der Waals surface area contributed by atoms with Crippen LogP contribution in [-0.4, -0.2) is 38.8 Å². The Morgan fingerprint density at radius 3 is 2.82 bits per heavy atom. The highest BCUT2D eigenvalue weighted by Crippen LogP contribution is 2.36. The molecular formula is C14H13N5O3. The highest BCUT2D eigenvalue weighted by molar-refractivity contribution is 5.95. The van der Waals surface area contributed by atoms with Crippen LogP contribution >= 0.6 is 0 Å². The molecule has 0 saturated heterocycles. The van der Waals surface area contributed by atoms with Gasteiger partial charge in [0.2, 0.25) is 0 Å². The average Bonchev–Trinajstić information content (AvgIpc) is 3.11. The number of rotatable bonds is 2. The monoisotopic (exact) mass is 299 g/mol. The van der Waals surface area contributed by atoms with Crippen molar-refractivity contribution in [1.82, 2.24) is 24.6 Å². The Hall–Kier alpha value is -3.03. The van der Waals surface area contributed by atoms with Gasteiger partial charge in [-0.25, -0.2) is 14.2 Å². The lowest BCUT2D eigenvalue weighted by Gasteiger charge is -2.10. The van der Waals surface area contributed by atoms with Gasteiger partial charge in [-0.2, -0.15) is 5.10 Å². The molecule has 3 heterocycles. The average molecular weight is 299 g/mol. The SMILES string of the molecule is COc1cc2c(nc3c4[nH]ncc4[nH]c(=O)n23)c(C)c1OC. The zero-order valence-electron chi connectivity index (χ0n) is 12.2. The normalized spacial score (nSPS) is 11.6. The third kappa shape index (κ3) is 1.43. The number of ether oxygens (including phenoxy) is 2. The van der Waals surface area contributed by atoms with Gasteiger partial charge in [-0.1, -0.05) is 0 Å². The molecule has 8 heteroatoms. The predicted molar refractivity (Wildman–Crippen MR) is 80.8 cm³/mol. The molecular weight excluding hydrogens is 286 g/mol. The molecule has 0 fully saturated rings. The van der Waals surface area contributed by atoms with E-state index in [9.17, 15) is 4.79 Å². The molecule has 0 aliphatic rings. The van der Waals surface area contributed by atoms with Crippen molar-refractivity contribution >= 4 is 27.7 Å². The third-order valence-corrected chi connectivity index (χ3v) is 3.83. The third-order valence-electron chi connectivity index (χ3n) is 3.83. The topological polar surface area (TPSA) is 97.3 Å². The summed E-state index contributed by atoms with van der Waals surface area (Å²) in [4.78, 5) is 19.8. The van der Waals surface area contributed by atoms with Crippen LogP contribution in [0.25, 0.3) is 27.7 Å². The summed E-state index contributed by atoms with van der Waals surface area (Å²) in [5.41, 5.74) is 3.68. The number of aromatic amines is 2. The maximum atomic E-state index is 12.4. The van der Waals surface area contributed by atoms with E-state index in [1.807, 2.05) is 6.92 Å². The van der Waals surface area contributed by atoms with Gasteiger partial charge in [-0.3, -0.25) is 5.10 Å². The zero-order chi connectivity index (χ0) is 15.4. The number of H-pyrrole nitrogens is 2. The molecule has 0 bridgehead atoms. The second kappa shape index (κ2) is 4.23. The van der Waals surface area contributed by atoms with E-state index in [0.29, 0.717) is 39.2 Å². The highest BCUT2D eigenvalue weighted by Gasteiger charge is 2.19. The Balaban J connectivity index is 2.30. The molecule has 3 aromatic heterocycles. The van der Waals surface area contributed by atoms with Gasteiger partial charge in [-0.05, 0) is 6.92 Å². The quantitative estimate of drug-likeness (QED) is 0.583. The zero-order valence-corrected chi connectivity index (χ0v) is 12.2. The van der Waals surface area contributed by atoms with Crippen LogP contribution in [0.3, 0.4) is 0 Å². The summed E-state index contributed by atoms with van der Waals surface area (Å²) in [5.74, 6) is 1.16. The van der Waals surface area contributed by atoms with E-state index < -0.39 is 0 Å². The van der Waals surface area contributed by atoms with Gasteiger partial charge >= 0.3 is 5.69 Å². The molecule has 0 unspecified atom stereocenters. The number of nitrogens with zero attached hydrogens (tertiary/aromatic N) is 3. The van der Waals surface area contributed by atoms with E-state index in [1.165, 1.54) is 4.40 Å². The summed E-state index contributed by atoms with van der Waals surface area (Å²) in [6.45, 7) is 1.88.